The lowest BCUT2D eigenvalue weighted by atomic mass is 9.98. The lowest BCUT2D eigenvalue weighted by molar-refractivity contribution is 0.298. The number of nitrogens with zero attached hydrogens (tertiary/aromatic N) is 1. The molecule has 0 aliphatic heterocycles. The molecule has 0 heterocycles. The average Bonchev–Trinajstić information content (AvgIpc) is 3.21. The standard InChI is InChI=1S/C18H30N2/c1-5-9-19-18(8-10-20(4)17-6-7-17)16-12-14(2)11-15(3)13-16/h11-13,17-19H,5-10H2,1-4H3. The van der Waals surface area contributed by atoms with Gasteiger partial charge in [-0.05, 0) is 65.2 Å². The highest BCUT2D eigenvalue weighted by Crippen LogP contribution is 2.27. The van der Waals surface area contributed by atoms with Crippen molar-refractivity contribution in [3.8, 4) is 0 Å². The number of hydrogen-bond donors (Lipinski definition) is 1. The smallest absolute Gasteiger partial charge is 0.0332 e. The number of nitrogens with one attached hydrogen (secondary N) is 1. The van der Waals surface area contributed by atoms with E-state index in [1.165, 1.54) is 48.9 Å². The van der Waals surface area contributed by atoms with Gasteiger partial charge in [-0.15, -0.1) is 0 Å². The Hall–Kier alpha value is -0.860. The molecule has 2 heteroatoms. The van der Waals surface area contributed by atoms with Gasteiger partial charge in [0.05, 0.1) is 0 Å². The van der Waals surface area contributed by atoms with Crippen molar-refractivity contribution < 1.29 is 0 Å². The second-order valence-corrected chi connectivity index (χ2v) is 6.43. The summed E-state index contributed by atoms with van der Waals surface area (Å²) in [5, 5.41) is 3.73. The highest BCUT2D eigenvalue weighted by atomic mass is 15.2. The first kappa shape index (κ1) is 15.5. The van der Waals surface area contributed by atoms with Gasteiger partial charge < -0.3 is 10.2 Å². The SMILES string of the molecule is CCCNC(CCN(C)C1CC1)c1cc(C)cc(C)c1. The topological polar surface area (TPSA) is 15.3 Å². The summed E-state index contributed by atoms with van der Waals surface area (Å²) in [6.07, 6.45) is 5.19. The lowest BCUT2D eigenvalue weighted by Gasteiger charge is -2.23. The van der Waals surface area contributed by atoms with Crippen molar-refractivity contribution in [3.63, 3.8) is 0 Å². The number of benzene rings is 1. The third-order valence-electron chi connectivity index (χ3n) is 4.23. The maximum Gasteiger partial charge on any atom is 0.0332 e. The van der Waals surface area contributed by atoms with Crippen LogP contribution in [0.4, 0.5) is 0 Å². The van der Waals surface area contributed by atoms with E-state index in [1.54, 1.807) is 0 Å². The zero-order chi connectivity index (χ0) is 14.5. The fourth-order valence-corrected chi connectivity index (χ4v) is 2.95. The van der Waals surface area contributed by atoms with Crippen LogP contribution < -0.4 is 5.32 Å². The van der Waals surface area contributed by atoms with E-state index < -0.39 is 0 Å². The van der Waals surface area contributed by atoms with Crippen LogP contribution in [0.3, 0.4) is 0 Å². The van der Waals surface area contributed by atoms with Crippen LogP contribution in [0.25, 0.3) is 0 Å². The van der Waals surface area contributed by atoms with Crippen LogP contribution in [0.2, 0.25) is 0 Å². The maximum atomic E-state index is 3.73. The second kappa shape index (κ2) is 7.24. The van der Waals surface area contributed by atoms with Gasteiger partial charge in [0.1, 0.15) is 0 Å². The van der Waals surface area contributed by atoms with E-state index >= 15 is 0 Å². The summed E-state index contributed by atoms with van der Waals surface area (Å²) in [7, 11) is 2.27. The molecular weight excluding hydrogens is 244 g/mol. The molecule has 0 saturated heterocycles. The van der Waals surface area contributed by atoms with Gasteiger partial charge in [-0.2, -0.15) is 0 Å². The molecule has 20 heavy (non-hydrogen) atoms. The van der Waals surface area contributed by atoms with Crippen LogP contribution in [0.5, 0.6) is 0 Å². The van der Waals surface area contributed by atoms with E-state index in [-0.39, 0.29) is 0 Å². The number of hydrogen-bond acceptors (Lipinski definition) is 2. The minimum atomic E-state index is 0.495. The molecule has 1 aromatic rings. The molecule has 112 valence electrons. The quantitative estimate of drug-likeness (QED) is 0.775. The fourth-order valence-electron chi connectivity index (χ4n) is 2.95. The molecule has 0 radical (unpaired) electrons. The average molecular weight is 274 g/mol. The minimum absolute atomic E-state index is 0.495. The molecule has 1 aliphatic carbocycles. The van der Waals surface area contributed by atoms with E-state index in [4.69, 9.17) is 0 Å². The van der Waals surface area contributed by atoms with Gasteiger partial charge in [-0.1, -0.05) is 36.2 Å². The van der Waals surface area contributed by atoms with E-state index in [0.717, 1.165) is 12.6 Å². The van der Waals surface area contributed by atoms with Gasteiger partial charge in [-0.25, -0.2) is 0 Å². The minimum Gasteiger partial charge on any atom is -0.310 e. The summed E-state index contributed by atoms with van der Waals surface area (Å²) in [6.45, 7) is 8.93. The molecule has 1 aliphatic rings. The zero-order valence-corrected chi connectivity index (χ0v) is 13.6. The fraction of sp³-hybridized carbons (Fsp3) is 0.667. The highest BCUT2D eigenvalue weighted by Gasteiger charge is 2.26. The first-order valence-corrected chi connectivity index (χ1v) is 8.12. The van der Waals surface area contributed by atoms with Gasteiger partial charge in [0.15, 0.2) is 0 Å². The summed E-state index contributed by atoms with van der Waals surface area (Å²) in [5.41, 5.74) is 4.21. The van der Waals surface area contributed by atoms with E-state index in [9.17, 15) is 0 Å². The Labute approximate surface area is 124 Å². The largest absolute Gasteiger partial charge is 0.310 e. The molecule has 0 bridgehead atoms. The lowest BCUT2D eigenvalue weighted by Crippen LogP contribution is -2.29. The van der Waals surface area contributed by atoms with Crippen LogP contribution in [-0.4, -0.2) is 31.1 Å². The molecule has 2 nitrogen and oxygen atoms in total. The van der Waals surface area contributed by atoms with Gasteiger partial charge in [0.25, 0.3) is 0 Å². The number of rotatable bonds is 8. The van der Waals surface area contributed by atoms with E-state index in [2.05, 4.69) is 56.2 Å². The molecule has 1 aromatic carbocycles. The third kappa shape index (κ3) is 4.60. The van der Waals surface area contributed by atoms with Gasteiger partial charge in [-0.3, -0.25) is 0 Å². The molecule has 2 rings (SSSR count). The summed E-state index contributed by atoms with van der Waals surface area (Å²) in [6, 6.07) is 8.31. The molecular formula is C18H30N2. The predicted octanol–water partition coefficient (Wildman–Crippen LogP) is 3.83. The molecule has 1 unspecified atom stereocenters. The van der Waals surface area contributed by atoms with Crippen molar-refractivity contribution in [2.45, 2.75) is 58.5 Å². The molecule has 0 spiro atoms. The summed E-state index contributed by atoms with van der Waals surface area (Å²) < 4.78 is 0. The van der Waals surface area contributed by atoms with Crippen LogP contribution in [0.15, 0.2) is 18.2 Å². The van der Waals surface area contributed by atoms with Crippen molar-refractivity contribution in [2.75, 3.05) is 20.1 Å². The van der Waals surface area contributed by atoms with E-state index in [0.29, 0.717) is 6.04 Å². The Kier molecular flexibility index (Phi) is 5.62. The van der Waals surface area contributed by atoms with Crippen LogP contribution in [0, 0.1) is 13.8 Å². The van der Waals surface area contributed by atoms with Crippen molar-refractivity contribution in [2.24, 2.45) is 0 Å². The molecule has 0 aromatic heterocycles. The molecule has 1 saturated carbocycles. The normalized spacial score (nSPS) is 16.6. The first-order valence-electron chi connectivity index (χ1n) is 8.12. The monoisotopic (exact) mass is 274 g/mol. The first-order chi connectivity index (χ1) is 9.60. The molecule has 1 N–H and O–H groups in total. The predicted molar refractivity (Wildman–Crippen MR) is 87.2 cm³/mol. The van der Waals surface area contributed by atoms with Crippen LogP contribution in [0.1, 0.15) is 55.3 Å². The maximum absolute atomic E-state index is 3.73. The summed E-state index contributed by atoms with van der Waals surface area (Å²) in [5.74, 6) is 0. The molecule has 0 amide bonds. The van der Waals surface area contributed by atoms with Crippen molar-refractivity contribution in [1.29, 1.82) is 0 Å². The highest BCUT2D eigenvalue weighted by molar-refractivity contribution is 5.30. The molecule has 1 atom stereocenters. The Morgan fingerprint density at radius 1 is 1.20 bits per heavy atom. The Balaban J connectivity index is 2.00. The Bertz CT molecular complexity index is 403. The second-order valence-electron chi connectivity index (χ2n) is 6.43. The van der Waals surface area contributed by atoms with Crippen molar-refractivity contribution in [1.82, 2.24) is 10.2 Å². The van der Waals surface area contributed by atoms with Crippen molar-refractivity contribution in [3.05, 3.63) is 34.9 Å². The zero-order valence-electron chi connectivity index (χ0n) is 13.6. The Morgan fingerprint density at radius 2 is 1.85 bits per heavy atom. The molecule has 1 fully saturated rings. The van der Waals surface area contributed by atoms with Crippen LogP contribution in [-0.2, 0) is 0 Å². The van der Waals surface area contributed by atoms with Gasteiger partial charge in [0.2, 0.25) is 0 Å². The summed E-state index contributed by atoms with van der Waals surface area (Å²) >= 11 is 0. The van der Waals surface area contributed by atoms with Gasteiger partial charge in [0, 0.05) is 12.1 Å². The number of aryl methyl sites for hydroxylation is 2. The third-order valence-corrected chi connectivity index (χ3v) is 4.23. The Morgan fingerprint density at radius 3 is 2.40 bits per heavy atom. The van der Waals surface area contributed by atoms with Crippen molar-refractivity contribution >= 4 is 0 Å². The summed E-state index contributed by atoms with van der Waals surface area (Å²) in [4.78, 5) is 2.53. The van der Waals surface area contributed by atoms with Crippen LogP contribution >= 0.6 is 0 Å². The van der Waals surface area contributed by atoms with E-state index in [1.807, 2.05) is 0 Å². The van der Waals surface area contributed by atoms with Gasteiger partial charge >= 0.3 is 0 Å².